The molecule has 0 aromatic carbocycles. The predicted molar refractivity (Wildman–Crippen MR) is 66.4 cm³/mol. The molecule has 0 rings (SSSR count). The van der Waals surface area contributed by atoms with Crippen molar-refractivity contribution >= 4 is 5.91 Å². The molecule has 0 radical (unpaired) electrons. The number of nitrogens with one attached hydrogen (secondary N) is 2. The standard InChI is InChI=1S/C12H26N2O2/c1-10(2)8-14-12(15)9-13-6-5-7-16-11(3)4/h10-11,13H,5-9H2,1-4H3,(H,14,15). The Balaban J connectivity index is 3.21. The number of hydrogen-bond acceptors (Lipinski definition) is 3. The molecular weight excluding hydrogens is 204 g/mol. The van der Waals surface area contributed by atoms with E-state index in [4.69, 9.17) is 4.74 Å². The molecule has 96 valence electrons. The van der Waals surface area contributed by atoms with Crippen molar-refractivity contribution in [2.75, 3.05) is 26.2 Å². The Labute approximate surface area is 99.1 Å². The van der Waals surface area contributed by atoms with Crippen LogP contribution in [0.2, 0.25) is 0 Å². The molecule has 0 spiro atoms. The Morgan fingerprint density at radius 2 is 1.94 bits per heavy atom. The summed E-state index contributed by atoms with van der Waals surface area (Å²) < 4.78 is 5.39. The summed E-state index contributed by atoms with van der Waals surface area (Å²) in [6, 6.07) is 0. The molecule has 0 heterocycles. The van der Waals surface area contributed by atoms with Crippen molar-refractivity contribution in [1.82, 2.24) is 10.6 Å². The van der Waals surface area contributed by atoms with Gasteiger partial charge in [0.05, 0.1) is 12.6 Å². The van der Waals surface area contributed by atoms with Crippen LogP contribution in [-0.4, -0.2) is 38.3 Å². The summed E-state index contributed by atoms with van der Waals surface area (Å²) in [6.45, 7) is 10.9. The van der Waals surface area contributed by atoms with Crippen molar-refractivity contribution in [3.63, 3.8) is 0 Å². The minimum absolute atomic E-state index is 0.0680. The molecule has 0 atom stereocenters. The second-order valence-corrected chi connectivity index (χ2v) is 4.65. The molecule has 4 heteroatoms. The maximum Gasteiger partial charge on any atom is 0.233 e. The van der Waals surface area contributed by atoms with E-state index in [1.165, 1.54) is 0 Å². The molecular formula is C12H26N2O2. The van der Waals surface area contributed by atoms with E-state index in [2.05, 4.69) is 24.5 Å². The number of rotatable bonds is 9. The van der Waals surface area contributed by atoms with Crippen LogP contribution < -0.4 is 10.6 Å². The Hall–Kier alpha value is -0.610. The number of hydrogen-bond donors (Lipinski definition) is 2. The van der Waals surface area contributed by atoms with E-state index in [-0.39, 0.29) is 12.0 Å². The van der Waals surface area contributed by atoms with E-state index in [1.807, 2.05) is 13.8 Å². The zero-order chi connectivity index (χ0) is 12.4. The fourth-order valence-electron chi connectivity index (χ4n) is 1.10. The summed E-state index contributed by atoms with van der Waals surface area (Å²) in [5.74, 6) is 0.571. The first-order chi connectivity index (χ1) is 7.52. The average Bonchev–Trinajstić information content (AvgIpc) is 2.19. The van der Waals surface area contributed by atoms with E-state index >= 15 is 0 Å². The molecule has 16 heavy (non-hydrogen) atoms. The molecule has 4 nitrogen and oxygen atoms in total. The zero-order valence-electron chi connectivity index (χ0n) is 11.0. The molecule has 2 N–H and O–H groups in total. The summed E-state index contributed by atoms with van der Waals surface area (Å²) >= 11 is 0. The molecule has 0 aromatic heterocycles. The van der Waals surface area contributed by atoms with Gasteiger partial charge in [-0.2, -0.15) is 0 Å². The lowest BCUT2D eigenvalue weighted by atomic mass is 10.2. The molecule has 0 saturated heterocycles. The molecule has 1 amide bonds. The molecule has 0 unspecified atom stereocenters. The van der Waals surface area contributed by atoms with Gasteiger partial charge in [-0.25, -0.2) is 0 Å². The third-order valence-electron chi connectivity index (χ3n) is 1.94. The second kappa shape index (κ2) is 9.60. The normalized spacial score (nSPS) is 11.1. The van der Waals surface area contributed by atoms with Crippen LogP contribution in [-0.2, 0) is 9.53 Å². The maximum atomic E-state index is 11.3. The van der Waals surface area contributed by atoms with Crippen LogP contribution in [0.15, 0.2) is 0 Å². The third-order valence-corrected chi connectivity index (χ3v) is 1.94. The van der Waals surface area contributed by atoms with E-state index in [0.717, 1.165) is 26.1 Å². The molecule has 0 aliphatic heterocycles. The lowest BCUT2D eigenvalue weighted by Crippen LogP contribution is -2.36. The Kier molecular flexibility index (Phi) is 9.24. The molecule has 0 bridgehead atoms. The van der Waals surface area contributed by atoms with Crippen LogP contribution in [0.3, 0.4) is 0 Å². The van der Waals surface area contributed by atoms with Crippen LogP contribution in [0.25, 0.3) is 0 Å². The topological polar surface area (TPSA) is 50.4 Å². The summed E-state index contributed by atoms with van der Waals surface area (Å²) in [5, 5.41) is 5.95. The minimum Gasteiger partial charge on any atom is -0.379 e. The van der Waals surface area contributed by atoms with Gasteiger partial charge in [-0.1, -0.05) is 13.8 Å². The predicted octanol–water partition coefficient (Wildman–Crippen LogP) is 1.16. The Morgan fingerprint density at radius 3 is 2.50 bits per heavy atom. The van der Waals surface area contributed by atoms with Gasteiger partial charge >= 0.3 is 0 Å². The van der Waals surface area contributed by atoms with Crippen molar-refractivity contribution in [2.45, 2.75) is 40.2 Å². The van der Waals surface area contributed by atoms with Crippen molar-refractivity contribution in [3.05, 3.63) is 0 Å². The van der Waals surface area contributed by atoms with Crippen LogP contribution >= 0.6 is 0 Å². The first-order valence-electron chi connectivity index (χ1n) is 6.11. The molecule has 0 saturated carbocycles. The fourth-order valence-corrected chi connectivity index (χ4v) is 1.10. The number of ether oxygens (including phenoxy) is 1. The molecule has 0 fully saturated rings. The highest BCUT2D eigenvalue weighted by Crippen LogP contribution is 1.89. The number of carbonyl (C=O) groups is 1. The largest absolute Gasteiger partial charge is 0.379 e. The Morgan fingerprint density at radius 1 is 1.25 bits per heavy atom. The van der Waals surface area contributed by atoms with Crippen LogP contribution in [0.1, 0.15) is 34.1 Å². The van der Waals surface area contributed by atoms with Gasteiger partial charge in [-0.3, -0.25) is 4.79 Å². The SMILES string of the molecule is CC(C)CNC(=O)CNCCCOC(C)C. The monoisotopic (exact) mass is 230 g/mol. The first-order valence-corrected chi connectivity index (χ1v) is 6.11. The van der Waals surface area contributed by atoms with E-state index < -0.39 is 0 Å². The van der Waals surface area contributed by atoms with Gasteiger partial charge in [-0.05, 0) is 32.7 Å². The van der Waals surface area contributed by atoms with Gasteiger partial charge in [0.15, 0.2) is 0 Å². The van der Waals surface area contributed by atoms with Gasteiger partial charge in [0.1, 0.15) is 0 Å². The van der Waals surface area contributed by atoms with Gasteiger partial charge < -0.3 is 15.4 Å². The minimum atomic E-state index is 0.0680. The summed E-state index contributed by atoms with van der Waals surface area (Å²) in [7, 11) is 0. The maximum absolute atomic E-state index is 11.3. The van der Waals surface area contributed by atoms with Crippen molar-refractivity contribution in [1.29, 1.82) is 0 Å². The molecule has 0 aliphatic rings. The van der Waals surface area contributed by atoms with Gasteiger partial charge in [0.25, 0.3) is 0 Å². The van der Waals surface area contributed by atoms with E-state index in [9.17, 15) is 4.79 Å². The Bertz CT molecular complexity index is 182. The van der Waals surface area contributed by atoms with Crippen LogP contribution in [0, 0.1) is 5.92 Å². The van der Waals surface area contributed by atoms with Gasteiger partial charge in [-0.15, -0.1) is 0 Å². The summed E-state index contributed by atoms with van der Waals surface area (Å²) in [4.78, 5) is 11.3. The van der Waals surface area contributed by atoms with E-state index in [1.54, 1.807) is 0 Å². The van der Waals surface area contributed by atoms with Crippen molar-refractivity contribution < 1.29 is 9.53 Å². The zero-order valence-corrected chi connectivity index (χ0v) is 11.0. The lowest BCUT2D eigenvalue weighted by molar-refractivity contribution is -0.120. The van der Waals surface area contributed by atoms with Crippen LogP contribution in [0.5, 0.6) is 0 Å². The van der Waals surface area contributed by atoms with Crippen LogP contribution in [0.4, 0.5) is 0 Å². The highest BCUT2D eigenvalue weighted by Gasteiger charge is 2.01. The lowest BCUT2D eigenvalue weighted by Gasteiger charge is -2.09. The number of amides is 1. The summed E-state index contributed by atoms with van der Waals surface area (Å²) in [5.41, 5.74) is 0. The van der Waals surface area contributed by atoms with Gasteiger partial charge in [0.2, 0.25) is 5.91 Å². The molecule has 0 aromatic rings. The van der Waals surface area contributed by atoms with Crippen molar-refractivity contribution in [3.8, 4) is 0 Å². The average molecular weight is 230 g/mol. The summed E-state index contributed by atoms with van der Waals surface area (Å²) in [6.07, 6.45) is 1.23. The third kappa shape index (κ3) is 11.5. The second-order valence-electron chi connectivity index (χ2n) is 4.65. The highest BCUT2D eigenvalue weighted by atomic mass is 16.5. The quantitative estimate of drug-likeness (QED) is 0.584. The first kappa shape index (κ1) is 15.4. The molecule has 0 aliphatic carbocycles. The van der Waals surface area contributed by atoms with E-state index in [0.29, 0.717) is 12.5 Å². The van der Waals surface area contributed by atoms with Gasteiger partial charge in [0, 0.05) is 13.2 Å². The smallest absolute Gasteiger partial charge is 0.233 e. The number of carbonyl (C=O) groups excluding carboxylic acids is 1. The van der Waals surface area contributed by atoms with Crippen molar-refractivity contribution in [2.24, 2.45) is 5.92 Å². The fraction of sp³-hybridized carbons (Fsp3) is 0.917. The highest BCUT2D eigenvalue weighted by molar-refractivity contribution is 5.77.